The summed E-state index contributed by atoms with van der Waals surface area (Å²) in [6.45, 7) is 2.01. The number of hydrogen-bond acceptors (Lipinski definition) is 3. The zero-order chi connectivity index (χ0) is 20.8. The van der Waals surface area contributed by atoms with E-state index in [2.05, 4.69) is 20.5 Å². The summed E-state index contributed by atoms with van der Waals surface area (Å²) >= 11 is 0. The molecule has 5 nitrogen and oxygen atoms in total. The van der Waals surface area contributed by atoms with Crippen LogP contribution in [0.4, 0.5) is 13.2 Å². The summed E-state index contributed by atoms with van der Waals surface area (Å²) in [5.41, 5.74) is 4.04. The van der Waals surface area contributed by atoms with Crippen LogP contribution in [0.15, 0.2) is 47.4 Å². The van der Waals surface area contributed by atoms with Crippen LogP contribution in [-0.2, 0) is 16.4 Å². The molecule has 1 atom stereocenters. The number of H-pyrrole nitrogens is 1. The Hall–Kier alpha value is -2.52. The number of sulfonamides is 1. The molecule has 1 aliphatic rings. The fourth-order valence-corrected chi connectivity index (χ4v) is 5.01. The minimum Gasteiger partial charge on any atom is -0.406 e. The maximum Gasteiger partial charge on any atom is 0.573 e. The molecular weight excluding hydrogens is 405 g/mol. The highest BCUT2D eigenvalue weighted by molar-refractivity contribution is 7.89. The molecule has 0 fully saturated rings. The molecule has 1 aliphatic carbocycles. The summed E-state index contributed by atoms with van der Waals surface area (Å²) in [5.74, 6) is -0.470. The molecule has 29 heavy (non-hydrogen) atoms. The number of fused-ring (bicyclic) bond motifs is 3. The van der Waals surface area contributed by atoms with E-state index >= 15 is 0 Å². The van der Waals surface area contributed by atoms with Crippen molar-refractivity contribution in [3.63, 3.8) is 0 Å². The summed E-state index contributed by atoms with van der Waals surface area (Å²) in [4.78, 5) is 3.21. The van der Waals surface area contributed by atoms with Crippen molar-refractivity contribution < 1.29 is 26.3 Å². The van der Waals surface area contributed by atoms with Crippen molar-refractivity contribution in [3.05, 3.63) is 59.3 Å². The molecule has 1 aromatic heterocycles. The van der Waals surface area contributed by atoms with Gasteiger partial charge in [0.2, 0.25) is 10.0 Å². The van der Waals surface area contributed by atoms with E-state index in [1.807, 2.05) is 19.1 Å². The minimum absolute atomic E-state index is 0.119. The summed E-state index contributed by atoms with van der Waals surface area (Å²) in [6.07, 6.45) is -2.50. The lowest BCUT2D eigenvalue weighted by molar-refractivity contribution is -0.274. The van der Waals surface area contributed by atoms with Crippen molar-refractivity contribution in [2.75, 3.05) is 0 Å². The van der Waals surface area contributed by atoms with Crippen LogP contribution in [0.25, 0.3) is 10.9 Å². The van der Waals surface area contributed by atoms with Crippen LogP contribution in [-0.4, -0.2) is 19.8 Å². The Kier molecular flexibility index (Phi) is 4.82. The first-order valence-electron chi connectivity index (χ1n) is 9.12. The Balaban J connectivity index is 1.60. The van der Waals surface area contributed by atoms with E-state index in [0.29, 0.717) is 6.42 Å². The number of aryl methyl sites for hydroxylation is 2. The number of hydrogen-bond donors (Lipinski definition) is 2. The van der Waals surface area contributed by atoms with Crippen LogP contribution in [0.2, 0.25) is 0 Å². The molecular formula is C20H19F3N2O3S. The number of rotatable bonds is 4. The first-order chi connectivity index (χ1) is 13.6. The maximum absolute atomic E-state index is 12.8. The van der Waals surface area contributed by atoms with Crippen LogP contribution >= 0.6 is 0 Å². The zero-order valence-corrected chi connectivity index (χ0v) is 16.3. The van der Waals surface area contributed by atoms with Gasteiger partial charge in [0.15, 0.2) is 0 Å². The Morgan fingerprint density at radius 3 is 2.55 bits per heavy atom. The molecule has 1 heterocycles. The van der Waals surface area contributed by atoms with Gasteiger partial charge in [0.05, 0.1) is 10.9 Å². The Morgan fingerprint density at radius 2 is 1.86 bits per heavy atom. The molecule has 9 heteroatoms. The van der Waals surface area contributed by atoms with Crippen LogP contribution in [0.1, 0.15) is 35.7 Å². The number of aromatic amines is 1. The normalized spacial score (nSPS) is 17.3. The highest BCUT2D eigenvalue weighted by atomic mass is 32.2. The van der Waals surface area contributed by atoms with Gasteiger partial charge < -0.3 is 9.72 Å². The number of benzene rings is 2. The molecule has 0 aliphatic heterocycles. The van der Waals surface area contributed by atoms with E-state index < -0.39 is 28.2 Å². The number of nitrogens with one attached hydrogen (secondary N) is 2. The fourth-order valence-electron chi connectivity index (χ4n) is 3.77. The van der Waals surface area contributed by atoms with E-state index in [1.165, 1.54) is 0 Å². The largest absolute Gasteiger partial charge is 0.573 e. The molecule has 0 saturated heterocycles. The lowest BCUT2D eigenvalue weighted by Crippen LogP contribution is -2.31. The molecule has 1 unspecified atom stereocenters. The predicted octanol–water partition coefficient (Wildman–Crippen LogP) is 4.73. The van der Waals surface area contributed by atoms with Gasteiger partial charge in [-0.2, -0.15) is 0 Å². The average Bonchev–Trinajstić information content (AvgIpc) is 3.00. The van der Waals surface area contributed by atoms with E-state index in [4.69, 9.17) is 0 Å². The lowest BCUT2D eigenvalue weighted by atomic mass is 9.92. The summed E-state index contributed by atoms with van der Waals surface area (Å²) in [6, 6.07) is 9.80. The van der Waals surface area contributed by atoms with Crippen molar-refractivity contribution >= 4 is 20.9 Å². The van der Waals surface area contributed by atoms with Crippen molar-refractivity contribution in [1.82, 2.24) is 9.71 Å². The van der Waals surface area contributed by atoms with Crippen LogP contribution in [0.3, 0.4) is 0 Å². The molecule has 0 bridgehead atoms. The second-order valence-corrected chi connectivity index (χ2v) is 8.87. The molecule has 0 amide bonds. The predicted molar refractivity (Wildman–Crippen MR) is 102 cm³/mol. The zero-order valence-electron chi connectivity index (χ0n) is 15.5. The quantitative estimate of drug-likeness (QED) is 0.636. The number of aromatic nitrogens is 1. The van der Waals surface area contributed by atoms with Gasteiger partial charge in [-0.3, -0.25) is 0 Å². The molecule has 2 N–H and O–H groups in total. The molecule has 4 rings (SSSR count). The Bertz CT molecular complexity index is 1150. The van der Waals surface area contributed by atoms with Gasteiger partial charge in [-0.15, -0.1) is 13.2 Å². The molecule has 2 aromatic carbocycles. The van der Waals surface area contributed by atoms with Gasteiger partial charge in [0, 0.05) is 16.6 Å². The summed E-state index contributed by atoms with van der Waals surface area (Å²) in [7, 11) is -3.92. The highest BCUT2D eigenvalue weighted by Crippen LogP contribution is 2.36. The number of halogens is 3. The maximum atomic E-state index is 12.8. The van der Waals surface area contributed by atoms with Gasteiger partial charge in [0.25, 0.3) is 0 Å². The smallest absolute Gasteiger partial charge is 0.406 e. The molecule has 3 aromatic rings. The van der Waals surface area contributed by atoms with Crippen LogP contribution in [0, 0.1) is 6.92 Å². The minimum atomic E-state index is -4.83. The van der Waals surface area contributed by atoms with Crippen molar-refractivity contribution in [1.29, 1.82) is 0 Å². The SMILES string of the molecule is Cc1ccc2[nH]c3c(c2c1)CCCC3NS(=O)(=O)c1ccc(OC(F)(F)F)cc1. The second-order valence-electron chi connectivity index (χ2n) is 7.15. The number of alkyl halides is 3. The highest BCUT2D eigenvalue weighted by Gasteiger charge is 2.32. The molecule has 0 saturated carbocycles. The molecule has 0 spiro atoms. The van der Waals surface area contributed by atoms with Gasteiger partial charge in [-0.1, -0.05) is 11.6 Å². The molecule has 0 radical (unpaired) electrons. The van der Waals surface area contributed by atoms with E-state index in [1.54, 1.807) is 0 Å². The van der Waals surface area contributed by atoms with Crippen molar-refractivity contribution in [2.24, 2.45) is 0 Å². The van der Waals surface area contributed by atoms with Crippen molar-refractivity contribution in [3.8, 4) is 5.75 Å². The van der Waals surface area contributed by atoms with Gasteiger partial charge >= 0.3 is 6.36 Å². The first-order valence-corrected chi connectivity index (χ1v) is 10.6. The first kappa shape index (κ1) is 19.8. The Labute approximate surface area is 165 Å². The fraction of sp³-hybridized carbons (Fsp3) is 0.300. The third kappa shape index (κ3) is 4.11. The van der Waals surface area contributed by atoms with Gasteiger partial charge in [-0.05, 0) is 68.1 Å². The lowest BCUT2D eigenvalue weighted by Gasteiger charge is -2.23. The molecule has 154 valence electrons. The third-order valence-corrected chi connectivity index (χ3v) is 6.52. The van der Waals surface area contributed by atoms with E-state index in [-0.39, 0.29) is 4.90 Å². The third-order valence-electron chi connectivity index (χ3n) is 5.03. The monoisotopic (exact) mass is 424 g/mol. The van der Waals surface area contributed by atoms with E-state index in [9.17, 15) is 21.6 Å². The van der Waals surface area contributed by atoms with Crippen LogP contribution in [0.5, 0.6) is 5.75 Å². The average molecular weight is 424 g/mol. The van der Waals surface area contributed by atoms with Gasteiger partial charge in [0.1, 0.15) is 5.75 Å². The van der Waals surface area contributed by atoms with Crippen LogP contribution < -0.4 is 9.46 Å². The summed E-state index contributed by atoms with van der Waals surface area (Å²) in [5, 5.41) is 1.09. The standard InChI is InChI=1S/C20H19F3N2O3S/c1-12-5-10-17-16(11-12)15-3-2-4-18(19(15)24-17)25-29(26,27)14-8-6-13(7-9-14)28-20(21,22)23/h5-11,18,24-25H,2-4H2,1H3. The second kappa shape index (κ2) is 7.07. The van der Waals surface area contributed by atoms with Crippen molar-refractivity contribution in [2.45, 2.75) is 43.5 Å². The Morgan fingerprint density at radius 1 is 1.14 bits per heavy atom. The van der Waals surface area contributed by atoms with E-state index in [0.717, 1.165) is 64.8 Å². The summed E-state index contributed by atoms with van der Waals surface area (Å²) < 4.78 is 68.9. The topological polar surface area (TPSA) is 71.2 Å². The number of ether oxygens (including phenoxy) is 1. The van der Waals surface area contributed by atoms with Gasteiger partial charge in [-0.25, -0.2) is 13.1 Å².